The van der Waals surface area contributed by atoms with Gasteiger partial charge in [0.2, 0.25) is 0 Å². The van der Waals surface area contributed by atoms with Crippen LogP contribution in [0.4, 0.5) is 0 Å². The van der Waals surface area contributed by atoms with Crippen LogP contribution in [0.1, 0.15) is 38.8 Å². The molecule has 198 valence electrons. The second kappa shape index (κ2) is 20.2. The summed E-state index contributed by atoms with van der Waals surface area (Å²) >= 11 is 0. The van der Waals surface area contributed by atoms with Gasteiger partial charge in [0.05, 0.1) is 12.8 Å². The Morgan fingerprint density at radius 3 is 1.73 bits per heavy atom. The van der Waals surface area contributed by atoms with E-state index in [1.807, 2.05) is 94.3 Å². The highest BCUT2D eigenvalue weighted by Gasteiger charge is 2.05. The molecule has 3 aromatic rings. The van der Waals surface area contributed by atoms with Crippen LogP contribution in [0, 0.1) is 0 Å². The summed E-state index contributed by atoms with van der Waals surface area (Å²) in [6.07, 6.45) is 2.12. The van der Waals surface area contributed by atoms with Crippen molar-refractivity contribution in [3.8, 4) is 17.2 Å². The van der Waals surface area contributed by atoms with Crippen molar-refractivity contribution in [2.45, 2.75) is 27.7 Å². The van der Waals surface area contributed by atoms with E-state index in [2.05, 4.69) is 35.1 Å². The van der Waals surface area contributed by atoms with Crippen LogP contribution >= 0.6 is 0 Å². The maximum absolute atomic E-state index is 8.00. The van der Waals surface area contributed by atoms with E-state index in [0.717, 1.165) is 59.0 Å². The fourth-order valence-electron chi connectivity index (χ4n) is 2.85. The number of hydrogen-bond donors (Lipinski definition) is 1. The van der Waals surface area contributed by atoms with Crippen molar-refractivity contribution < 1.29 is 19.4 Å². The van der Waals surface area contributed by atoms with E-state index < -0.39 is 0 Å². The Labute approximate surface area is 222 Å². The lowest BCUT2D eigenvalue weighted by Gasteiger charge is -2.09. The Kier molecular flexibility index (Phi) is 18.0. The van der Waals surface area contributed by atoms with Crippen LogP contribution in [-0.2, 0) is 4.79 Å². The summed E-state index contributed by atoms with van der Waals surface area (Å²) in [4.78, 5) is 16.5. The van der Waals surface area contributed by atoms with Gasteiger partial charge in [-0.3, -0.25) is 9.98 Å². The molecule has 0 spiro atoms. The average molecular weight is 505 g/mol. The average Bonchev–Trinajstić information content (AvgIpc) is 2.96. The van der Waals surface area contributed by atoms with Gasteiger partial charge in [-0.05, 0) is 99.0 Å². The number of para-hydroxylation sites is 1. The minimum Gasteiger partial charge on any atom is -0.497 e. The Balaban J connectivity index is 0.00000127. The number of nitrogens with zero attached hydrogens (tertiary/aromatic N) is 2. The largest absolute Gasteiger partial charge is 0.497 e. The summed E-state index contributed by atoms with van der Waals surface area (Å²) in [6.45, 7) is 10.8. The molecule has 6 heteroatoms. The zero-order chi connectivity index (χ0) is 28.1. The van der Waals surface area contributed by atoms with Crippen LogP contribution < -0.4 is 9.47 Å². The van der Waals surface area contributed by atoms with Crippen molar-refractivity contribution in [1.82, 2.24) is 0 Å². The second-order valence-electron chi connectivity index (χ2n) is 7.53. The molecule has 0 aromatic heterocycles. The molecule has 37 heavy (non-hydrogen) atoms. The fourth-order valence-corrected chi connectivity index (χ4v) is 2.85. The molecule has 3 rings (SSSR count). The van der Waals surface area contributed by atoms with E-state index in [-0.39, 0.29) is 0 Å². The lowest BCUT2D eigenvalue weighted by Crippen LogP contribution is -1.99. The molecule has 0 saturated carbocycles. The van der Waals surface area contributed by atoms with Crippen molar-refractivity contribution >= 4 is 23.8 Å². The minimum absolute atomic E-state index is 0.726. The van der Waals surface area contributed by atoms with Gasteiger partial charge < -0.3 is 19.4 Å². The van der Waals surface area contributed by atoms with Gasteiger partial charge in [0.1, 0.15) is 24.0 Å². The number of benzene rings is 3. The minimum atomic E-state index is 0.726. The number of allylic oxidation sites excluding steroid dienone is 2. The van der Waals surface area contributed by atoms with Crippen LogP contribution in [0.2, 0.25) is 0 Å². The van der Waals surface area contributed by atoms with Gasteiger partial charge in [-0.25, -0.2) is 0 Å². The highest BCUT2D eigenvalue weighted by molar-refractivity contribution is 6.12. The quantitative estimate of drug-likeness (QED) is 0.354. The molecule has 0 unspecified atom stereocenters. The zero-order valence-corrected chi connectivity index (χ0v) is 23.1. The first-order valence-corrected chi connectivity index (χ1v) is 11.8. The normalized spacial score (nSPS) is 10.3. The van der Waals surface area contributed by atoms with E-state index in [1.165, 1.54) is 0 Å². The predicted octanol–water partition coefficient (Wildman–Crippen LogP) is 6.92. The molecular weight excluding hydrogens is 464 g/mol. The highest BCUT2D eigenvalue weighted by Crippen LogP contribution is 2.23. The summed E-state index contributed by atoms with van der Waals surface area (Å²) in [6, 6.07) is 25.9. The molecule has 3 aromatic carbocycles. The van der Waals surface area contributed by atoms with E-state index in [1.54, 1.807) is 14.2 Å². The molecule has 0 heterocycles. The lowest BCUT2D eigenvalue weighted by molar-refractivity contribution is -0.0980. The second-order valence-corrected chi connectivity index (χ2v) is 7.53. The summed E-state index contributed by atoms with van der Waals surface area (Å²) in [7, 11) is 4.46. The van der Waals surface area contributed by atoms with Gasteiger partial charge in [-0.2, -0.15) is 0 Å². The molecule has 1 N–H and O–H groups in total. The van der Waals surface area contributed by atoms with Gasteiger partial charge in [0.15, 0.2) is 0 Å². The monoisotopic (exact) mass is 504 g/mol. The van der Waals surface area contributed by atoms with Crippen molar-refractivity contribution in [3.05, 3.63) is 96.1 Å². The zero-order valence-electron chi connectivity index (χ0n) is 23.1. The van der Waals surface area contributed by atoms with Crippen molar-refractivity contribution in [2.24, 2.45) is 9.98 Å². The molecule has 0 bridgehead atoms. The summed E-state index contributed by atoms with van der Waals surface area (Å²) in [5.41, 5.74) is 5.45. The first-order valence-electron chi connectivity index (χ1n) is 11.8. The molecule has 0 aliphatic heterocycles. The standard InChI is InChI=1S/C25H25NO2.C4H9N.CH4O.CH2O/c1-4-26-25(18-19(2)20-10-14-22(27-3)15-11-20)21-12-16-24(17-13-21)28-23-8-6-5-7-9-23;1-4(2)5-3;2*1-2/h5-18H,4H2,1-3H3;1-3H3;2H,1H3;1H2/b19-18+,26-25?;;;. The predicted molar refractivity (Wildman–Crippen MR) is 157 cm³/mol. The number of rotatable bonds is 7. The van der Waals surface area contributed by atoms with E-state index in [9.17, 15) is 0 Å². The topological polar surface area (TPSA) is 80.5 Å². The third kappa shape index (κ3) is 13.0. The van der Waals surface area contributed by atoms with Crippen molar-refractivity contribution in [1.29, 1.82) is 0 Å². The number of carbonyl (C=O) groups excluding carboxylic acids is 1. The molecule has 0 saturated heterocycles. The molecule has 0 atom stereocenters. The van der Waals surface area contributed by atoms with E-state index >= 15 is 0 Å². The number of methoxy groups -OCH3 is 1. The number of aliphatic imine (C=N–C) groups is 2. The molecule has 0 amide bonds. The van der Waals surface area contributed by atoms with Gasteiger partial charge in [-0.1, -0.05) is 30.3 Å². The number of hydrogen-bond acceptors (Lipinski definition) is 6. The maximum atomic E-state index is 8.00. The third-order valence-corrected chi connectivity index (χ3v) is 4.80. The highest BCUT2D eigenvalue weighted by atomic mass is 16.5. The van der Waals surface area contributed by atoms with Crippen molar-refractivity contribution in [2.75, 3.05) is 27.8 Å². The maximum Gasteiger partial charge on any atom is 0.127 e. The number of ether oxygens (including phenoxy) is 2. The van der Waals surface area contributed by atoms with Crippen LogP contribution in [0.25, 0.3) is 5.57 Å². The smallest absolute Gasteiger partial charge is 0.127 e. The fraction of sp³-hybridized carbons (Fsp3) is 0.258. The first-order chi connectivity index (χ1) is 18.0. The summed E-state index contributed by atoms with van der Waals surface area (Å²) < 4.78 is 11.1. The molecular formula is C31H40N2O4. The first kappa shape index (κ1) is 33.0. The molecule has 0 fully saturated rings. The van der Waals surface area contributed by atoms with Crippen LogP contribution in [0.5, 0.6) is 17.2 Å². The lowest BCUT2D eigenvalue weighted by atomic mass is 10.0. The Morgan fingerprint density at radius 2 is 1.27 bits per heavy atom. The molecule has 0 aliphatic rings. The van der Waals surface area contributed by atoms with Gasteiger partial charge in [0.25, 0.3) is 0 Å². The summed E-state index contributed by atoms with van der Waals surface area (Å²) in [5, 5.41) is 7.00. The van der Waals surface area contributed by atoms with Crippen molar-refractivity contribution in [3.63, 3.8) is 0 Å². The van der Waals surface area contributed by atoms with E-state index in [0.29, 0.717) is 0 Å². The SMILES string of the molecule is C=O.CCN=C(/C=C(\C)c1ccc(OC)cc1)c1ccc(Oc2ccccc2)cc1.CN=C(C)C.CO. The van der Waals surface area contributed by atoms with Gasteiger partial charge in [0, 0.05) is 26.4 Å². The Morgan fingerprint density at radius 1 is 0.811 bits per heavy atom. The molecule has 0 aliphatic carbocycles. The van der Waals surface area contributed by atoms with Gasteiger partial charge >= 0.3 is 0 Å². The summed E-state index contributed by atoms with van der Waals surface area (Å²) in [5.74, 6) is 2.49. The van der Waals surface area contributed by atoms with Crippen LogP contribution in [-0.4, -0.2) is 51.1 Å². The van der Waals surface area contributed by atoms with Gasteiger partial charge in [-0.15, -0.1) is 0 Å². The van der Waals surface area contributed by atoms with Crippen LogP contribution in [0.3, 0.4) is 0 Å². The number of aliphatic hydroxyl groups is 1. The number of aliphatic hydroxyl groups excluding tert-OH is 1. The number of carbonyl (C=O) groups is 1. The third-order valence-electron chi connectivity index (χ3n) is 4.80. The molecule has 6 nitrogen and oxygen atoms in total. The van der Waals surface area contributed by atoms with E-state index in [4.69, 9.17) is 19.4 Å². The van der Waals surface area contributed by atoms with Crippen LogP contribution in [0.15, 0.2) is 94.9 Å². The Hall–Kier alpha value is -4.03. The molecule has 0 radical (unpaired) electrons. The Bertz CT molecular complexity index is 1080.